The van der Waals surface area contributed by atoms with Crippen molar-refractivity contribution in [1.82, 2.24) is 0 Å². The molecule has 6 heteroatoms. The Labute approximate surface area is 120 Å². The molecule has 112 valence electrons. The van der Waals surface area contributed by atoms with Crippen LogP contribution in [-0.4, -0.2) is 40.3 Å². The van der Waals surface area contributed by atoms with Crippen molar-refractivity contribution in [2.45, 2.75) is 19.8 Å². The lowest BCUT2D eigenvalue weighted by Crippen LogP contribution is -2.10. The van der Waals surface area contributed by atoms with Gasteiger partial charge in [-0.3, -0.25) is 8.98 Å². The predicted molar refractivity (Wildman–Crippen MR) is 76.4 cm³/mol. The number of aryl methyl sites for hydroxylation is 1. The van der Waals surface area contributed by atoms with Crippen molar-refractivity contribution in [2.24, 2.45) is 0 Å². The van der Waals surface area contributed by atoms with E-state index in [0.717, 1.165) is 24.7 Å². The quantitative estimate of drug-likeness (QED) is 0.395. The van der Waals surface area contributed by atoms with E-state index in [1.54, 1.807) is 13.0 Å². The Kier molecular flexibility index (Phi) is 6.84. The van der Waals surface area contributed by atoms with Gasteiger partial charge in [0.1, 0.15) is 0 Å². The molecule has 0 aliphatic rings. The predicted octanol–water partition coefficient (Wildman–Crippen LogP) is 1.81. The zero-order valence-corrected chi connectivity index (χ0v) is 12.6. The van der Waals surface area contributed by atoms with Gasteiger partial charge in [0, 0.05) is 12.2 Å². The summed E-state index contributed by atoms with van der Waals surface area (Å²) < 4.78 is 31.2. The standard InChI is InChI=1S/C14H20O5S/c1-12(15)14-7-3-5-13(11-14)6-4-8-18-9-10-19-20(2,16)17/h3,5,7,11H,4,6,8-10H2,1-2H3. The van der Waals surface area contributed by atoms with Gasteiger partial charge in [-0.15, -0.1) is 0 Å². The zero-order valence-electron chi connectivity index (χ0n) is 11.8. The third kappa shape index (κ3) is 7.37. The Hall–Kier alpha value is -1.24. The highest BCUT2D eigenvalue weighted by molar-refractivity contribution is 7.85. The lowest BCUT2D eigenvalue weighted by Gasteiger charge is -2.05. The van der Waals surface area contributed by atoms with Crippen molar-refractivity contribution in [3.63, 3.8) is 0 Å². The second-order valence-electron chi connectivity index (χ2n) is 4.50. The Morgan fingerprint density at radius 3 is 2.60 bits per heavy atom. The van der Waals surface area contributed by atoms with Crippen LogP contribution >= 0.6 is 0 Å². The molecule has 1 aromatic carbocycles. The minimum absolute atomic E-state index is 0.0403. The van der Waals surface area contributed by atoms with Crippen LogP contribution in [0.15, 0.2) is 24.3 Å². The zero-order chi connectivity index (χ0) is 15.0. The summed E-state index contributed by atoms with van der Waals surface area (Å²) in [6.45, 7) is 2.36. The molecule has 0 amide bonds. The number of carbonyl (C=O) groups excluding carboxylic acids is 1. The smallest absolute Gasteiger partial charge is 0.264 e. The van der Waals surface area contributed by atoms with Crippen LogP contribution in [0.4, 0.5) is 0 Å². The summed E-state index contributed by atoms with van der Waals surface area (Å²) in [5, 5.41) is 0. The summed E-state index contributed by atoms with van der Waals surface area (Å²) in [6, 6.07) is 7.52. The molecule has 0 saturated carbocycles. The first-order valence-corrected chi connectivity index (χ1v) is 8.22. The van der Waals surface area contributed by atoms with Crippen molar-refractivity contribution >= 4 is 15.9 Å². The molecule has 0 bridgehead atoms. The molecule has 0 aliphatic carbocycles. The number of hydrogen-bond donors (Lipinski definition) is 0. The molecule has 5 nitrogen and oxygen atoms in total. The fourth-order valence-electron chi connectivity index (χ4n) is 1.67. The topological polar surface area (TPSA) is 69.7 Å². The van der Waals surface area contributed by atoms with Gasteiger partial charge in [0.2, 0.25) is 0 Å². The van der Waals surface area contributed by atoms with Crippen molar-refractivity contribution in [3.05, 3.63) is 35.4 Å². The average Bonchev–Trinajstić information content (AvgIpc) is 2.36. The highest BCUT2D eigenvalue weighted by atomic mass is 32.2. The van der Waals surface area contributed by atoms with E-state index < -0.39 is 10.1 Å². The molecule has 0 saturated heterocycles. The lowest BCUT2D eigenvalue weighted by molar-refractivity contribution is 0.101. The summed E-state index contributed by atoms with van der Waals surface area (Å²) in [5.41, 5.74) is 1.80. The van der Waals surface area contributed by atoms with Gasteiger partial charge in [-0.25, -0.2) is 0 Å². The second-order valence-corrected chi connectivity index (χ2v) is 6.14. The van der Waals surface area contributed by atoms with Gasteiger partial charge >= 0.3 is 0 Å². The van der Waals surface area contributed by atoms with Crippen LogP contribution in [0.25, 0.3) is 0 Å². The van der Waals surface area contributed by atoms with E-state index in [1.807, 2.05) is 18.2 Å². The summed E-state index contributed by atoms with van der Waals surface area (Å²) >= 11 is 0. The molecule has 0 N–H and O–H groups in total. The summed E-state index contributed by atoms with van der Waals surface area (Å²) in [6.07, 6.45) is 2.63. The molecule has 1 aromatic rings. The molecule has 0 aromatic heterocycles. The molecule has 0 spiro atoms. The van der Waals surface area contributed by atoms with E-state index in [2.05, 4.69) is 4.18 Å². The Morgan fingerprint density at radius 1 is 1.20 bits per heavy atom. The van der Waals surface area contributed by atoms with E-state index in [9.17, 15) is 13.2 Å². The van der Waals surface area contributed by atoms with Gasteiger partial charge in [-0.2, -0.15) is 8.42 Å². The van der Waals surface area contributed by atoms with E-state index in [1.165, 1.54) is 0 Å². The molecule has 0 heterocycles. The van der Waals surface area contributed by atoms with Gasteiger partial charge in [-0.05, 0) is 31.4 Å². The molecule has 0 unspecified atom stereocenters. The normalized spacial score (nSPS) is 11.5. The number of Topliss-reactive ketones (excluding diaryl/α,β-unsaturated/α-hetero) is 1. The minimum atomic E-state index is -3.38. The Morgan fingerprint density at radius 2 is 1.95 bits per heavy atom. The number of hydrogen-bond acceptors (Lipinski definition) is 5. The van der Waals surface area contributed by atoms with Crippen LogP contribution in [0.5, 0.6) is 0 Å². The highest BCUT2D eigenvalue weighted by Gasteiger charge is 2.02. The van der Waals surface area contributed by atoms with Gasteiger partial charge in [-0.1, -0.05) is 18.2 Å². The van der Waals surface area contributed by atoms with Crippen molar-refractivity contribution < 1.29 is 22.1 Å². The first-order chi connectivity index (χ1) is 9.38. The first kappa shape index (κ1) is 16.8. The van der Waals surface area contributed by atoms with E-state index in [4.69, 9.17) is 4.74 Å². The van der Waals surface area contributed by atoms with Crippen molar-refractivity contribution in [2.75, 3.05) is 26.1 Å². The summed E-state index contributed by atoms with van der Waals surface area (Å²) in [4.78, 5) is 11.2. The van der Waals surface area contributed by atoms with Gasteiger partial charge in [0.15, 0.2) is 5.78 Å². The highest BCUT2D eigenvalue weighted by Crippen LogP contribution is 2.08. The molecule has 20 heavy (non-hydrogen) atoms. The monoisotopic (exact) mass is 300 g/mol. The SMILES string of the molecule is CC(=O)c1cccc(CCCOCCOS(C)(=O)=O)c1. The van der Waals surface area contributed by atoms with Crippen LogP contribution < -0.4 is 0 Å². The number of ether oxygens (including phenoxy) is 1. The summed E-state index contributed by atoms with van der Waals surface area (Å²) in [7, 11) is -3.38. The number of benzene rings is 1. The number of rotatable bonds is 9. The van der Waals surface area contributed by atoms with Crippen molar-refractivity contribution in [1.29, 1.82) is 0 Å². The van der Waals surface area contributed by atoms with E-state index in [-0.39, 0.29) is 19.0 Å². The molecular formula is C14H20O5S. The van der Waals surface area contributed by atoms with Gasteiger partial charge < -0.3 is 4.74 Å². The Balaban J connectivity index is 2.18. The van der Waals surface area contributed by atoms with Gasteiger partial charge in [0.05, 0.1) is 19.5 Å². The molecule has 0 fully saturated rings. The third-order valence-electron chi connectivity index (χ3n) is 2.61. The van der Waals surface area contributed by atoms with E-state index in [0.29, 0.717) is 12.2 Å². The van der Waals surface area contributed by atoms with Crippen LogP contribution in [0.3, 0.4) is 0 Å². The third-order valence-corrected chi connectivity index (χ3v) is 3.21. The van der Waals surface area contributed by atoms with Crippen LogP contribution in [0.1, 0.15) is 29.3 Å². The maximum absolute atomic E-state index is 11.2. The maximum Gasteiger partial charge on any atom is 0.264 e. The average molecular weight is 300 g/mol. The lowest BCUT2D eigenvalue weighted by atomic mass is 10.0. The van der Waals surface area contributed by atoms with Crippen LogP contribution in [0.2, 0.25) is 0 Å². The number of ketones is 1. The second kappa shape index (κ2) is 8.14. The Bertz CT molecular complexity index is 536. The fraction of sp³-hybridized carbons (Fsp3) is 0.500. The molecule has 0 aliphatic heterocycles. The van der Waals surface area contributed by atoms with Gasteiger partial charge in [0.25, 0.3) is 10.1 Å². The summed E-state index contributed by atoms with van der Waals surface area (Å²) in [5.74, 6) is 0.0565. The molecule has 1 rings (SSSR count). The minimum Gasteiger partial charge on any atom is -0.379 e. The first-order valence-electron chi connectivity index (χ1n) is 6.40. The van der Waals surface area contributed by atoms with Crippen molar-refractivity contribution in [3.8, 4) is 0 Å². The molecular weight excluding hydrogens is 280 g/mol. The van der Waals surface area contributed by atoms with Crippen LogP contribution in [0, 0.1) is 0 Å². The molecule has 0 radical (unpaired) electrons. The number of carbonyl (C=O) groups is 1. The largest absolute Gasteiger partial charge is 0.379 e. The molecule has 0 atom stereocenters. The maximum atomic E-state index is 11.2. The van der Waals surface area contributed by atoms with Crippen LogP contribution in [-0.2, 0) is 25.5 Å². The fourth-order valence-corrected chi connectivity index (χ4v) is 2.04. The van der Waals surface area contributed by atoms with E-state index >= 15 is 0 Å².